The Hall–Kier alpha value is -1.60. The molecule has 0 saturated heterocycles. The number of hydrogen-bond acceptors (Lipinski definition) is 4. The number of sulfonamides is 1. The van der Waals surface area contributed by atoms with Gasteiger partial charge in [0.25, 0.3) is 10.0 Å². The van der Waals surface area contributed by atoms with Gasteiger partial charge in [-0.25, -0.2) is 8.42 Å². The molecule has 21 heavy (non-hydrogen) atoms. The highest BCUT2D eigenvalue weighted by Crippen LogP contribution is 2.25. The molecule has 0 bridgehead atoms. The van der Waals surface area contributed by atoms with Crippen LogP contribution >= 0.6 is 15.9 Å². The Bertz CT molecular complexity index is 717. The van der Waals surface area contributed by atoms with E-state index in [1.165, 1.54) is 10.5 Å². The standard InChI is InChI=1S/C14H16BrN3O2S/c1-2-7-18(13-5-3-12(16)4-6-13)21(19,20)14-8-11(15)9-17-10-14/h3-6,8-10H,2,7,16H2,1H3. The van der Waals surface area contributed by atoms with Crippen LogP contribution in [-0.2, 0) is 10.0 Å². The first-order valence-corrected chi connectivity index (χ1v) is 8.67. The van der Waals surface area contributed by atoms with Crippen molar-refractivity contribution in [3.63, 3.8) is 0 Å². The maximum absolute atomic E-state index is 12.8. The average Bonchev–Trinajstić information content (AvgIpc) is 2.46. The Kier molecular flexibility index (Phi) is 4.84. The van der Waals surface area contributed by atoms with Gasteiger partial charge < -0.3 is 5.73 Å². The first-order valence-electron chi connectivity index (χ1n) is 6.44. The predicted molar refractivity (Wildman–Crippen MR) is 87.6 cm³/mol. The summed E-state index contributed by atoms with van der Waals surface area (Å²) in [5.41, 5.74) is 6.84. The van der Waals surface area contributed by atoms with Crippen LogP contribution in [0.25, 0.3) is 0 Å². The number of pyridine rings is 1. The molecule has 2 rings (SSSR count). The summed E-state index contributed by atoms with van der Waals surface area (Å²) in [5.74, 6) is 0. The maximum Gasteiger partial charge on any atom is 0.265 e. The van der Waals surface area contributed by atoms with Crippen LogP contribution in [0, 0.1) is 0 Å². The number of nitrogens with zero attached hydrogens (tertiary/aromatic N) is 2. The van der Waals surface area contributed by atoms with Crippen molar-refractivity contribution in [3.05, 3.63) is 47.2 Å². The highest BCUT2D eigenvalue weighted by molar-refractivity contribution is 9.10. The first-order chi connectivity index (χ1) is 9.95. The van der Waals surface area contributed by atoms with Crippen LogP contribution in [0.15, 0.2) is 52.1 Å². The zero-order valence-corrected chi connectivity index (χ0v) is 13.9. The molecule has 112 valence electrons. The van der Waals surface area contributed by atoms with Gasteiger partial charge in [-0.1, -0.05) is 6.92 Å². The molecule has 0 unspecified atom stereocenters. The van der Waals surface area contributed by atoms with Crippen molar-refractivity contribution in [1.29, 1.82) is 0 Å². The van der Waals surface area contributed by atoms with Gasteiger partial charge in [-0.3, -0.25) is 9.29 Å². The lowest BCUT2D eigenvalue weighted by Gasteiger charge is -2.24. The summed E-state index contributed by atoms with van der Waals surface area (Å²) in [7, 11) is -3.65. The maximum atomic E-state index is 12.8. The van der Waals surface area contributed by atoms with Crippen molar-refractivity contribution in [2.75, 3.05) is 16.6 Å². The number of nitrogens with two attached hydrogens (primary N) is 1. The zero-order chi connectivity index (χ0) is 15.5. The second-order valence-electron chi connectivity index (χ2n) is 4.51. The molecule has 0 aliphatic heterocycles. The van der Waals surface area contributed by atoms with Gasteiger partial charge in [0.15, 0.2) is 0 Å². The Morgan fingerprint density at radius 1 is 1.24 bits per heavy atom. The molecule has 0 aliphatic carbocycles. The molecule has 0 radical (unpaired) electrons. The molecule has 7 heteroatoms. The Labute approximate surface area is 133 Å². The molecule has 0 fully saturated rings. The van der Waals surface area contributed by atoms with Crippen LogP contribution in [0.2, 0.25) is 0 Å². The molecule has 1 aromatic heterocycles. The molecule has 5 nitrogen and oxygen atoms in total. The summed E-state index contributed by atoms with van der Waals surface area (Å²) in [6.45, 7) is 2.32. The number of rotatable bonds is 5. The van der Waals surface area contributed by atoms with Crippen LogP contribution in [-0.4, -0.2) is 19.9 Å². The van der Waals surface area contributed by atoms with Crippen LogP contribution in [0.3, 0.4) is 0 Å². The third kappa shape index (κ3) is 3.54. The number of halogens is 1. The molecule has 2 N–H and O–H groups in total. The van der Waals surface area contributed by atoms with E-state index in [2.05, 4.69) is 20.9 Å². The largest absolute Gasteiger partial charge is 0.399 e. The van der Waals surface area contributed by atoms with Gasteiger partial charge in [0.2, 0.25) is 0 Å². The lowest BCUT2D eigenvalue weighted by Crippen LogP contribution is -2.31. The average molecular weight is 370 g/mol. The highest BCUT2D eigenvalue weighted by atomic mass is 79.9. The van der Waals surface area contributed by atoms with Gasteiger partial charge in [-0.2, -0.15) is 0 Å². The van der Waals surface area contributed by atoms with Crippen LogP contribution in [0.1, 0.15) is 13.3 Å². The summed E-state index contributed by atoms with van der Waals surface area (Å²) < 4.78 is 27.6. The lowest BCUT2D eigenvalue weighted by molar-refractivity contribution is 0.589. The molecular formula is C14H16BrN3O2S. The molecule has 0 saturated carbocycles. The molecule has 0 amide bonds. The number of nitrogen functional groups attached to an aromatic ring is 1. The minimum atomic E-state index is -3.65. The normalized spacial score (nSPS) is 11.3. The van der Waals surface area contributed by atoms with Gasteiger partial charge >= 0.3 is 0 Å². The molecule has 1 heterocycles. The topological polar surface area (TPSA) is 76.3 Å². The molecule has 0 spiro atoms. The van der Waals surface area contributed by atoms with Crippen molar-refractivity contribution in [1.82, 2.24) is 4.98 Å². The minimum absolute atomic E-state index is 0.155. The fourth-order valence-electron chi connectivity index (χ4n) is 1.89. The smallest absolute Gasteiger partial charge is 0.265 e. The van der Waals surface area contributed by atoms with Gasteiger partial charge in [0.1, 0.15) is 4.90 Å². The van der Waals surface area contributed by atoms with E-state index < -0.39 is 10.0 Å². The van der Waals surface area contributed by atoms with Crippen LogP contribution in [0.5, 0.6) is 0 Å². The van der Waals surface area contributed by atoms with Crippen molar-refractivity contribution >= 4 is 37.3 Å². The lowest BCUT2D eigenvalue weighted by atomic mass is 10.3. The van der Waals surface area contributed by atoms with Gasteiger partial charge in [-0.05, 0) is 52.7 Å². The fourth-order valence-corrected chi connectivity index (χ4v) is 3.96. The summed E-state index contributed by atoms with van der Waals surface area (Å²) in [5, 5.41) is 0. The zero-order valence-electron chi connectivity index (χ0n) is 11.5. The summed E-state index contributed by atoms with van der Waals surface area (Å²) in [4.78, 5) is 4.08. The van der Waals surface area contributed by atoms with Crippen LogP contribution < -0.4 is 10.0 Å². The fraction of sp³-hybridized carbons (Fsp3) is 0.214. The van der Waals surface area contributed by atoms with Gasteiger partial charge in [-0.15, -0.1) is 0 Å². The monoisotopic (exact) mass is 369 g/mol. The van der Waals surface area contributed by atoms with E-state index in [1.54, 1.807) is 36.5 Å². The molecule has 0 aliphatic rings. The molecule has 1 aromatic carbocycles. The Morgan fingerprint density at radius 2 is 1.90 bits per heavy atom. The third-order valence-electron chi connectivity index (χ3n) is 2.88. The first kappa shape index (κ1) is 15.8. The quantitative estimate of drug-likeness (QED) is 0.821. The second-order valence-corrected chi connectivity index (χ2v) is 7.29. The van der Waals surface area contributed by atoms with Gasteiger partial charge in [0, 0.05) is 29.1 Å². The molecule has 0 atom stereocenters. The SMILES string of the molecule is CCCN(c1ccc(N)cc1)S(=O)(=O)c1cncc(Br)c1. The summed E-state index contributed by atoms with van der Waals surface area (Å²) >= 11 is 3.25. The Balaban J connectivity index is 2.48. The molecular weight excluding hydrogens is 354 g/mol. The van der Waals surface area contributed by atoms with Crippen molar-refractivity contribution < 1.29 is 8.42 Å². The number of anilines is 2. The van der Waals surface area contributed by atoms with Crippen LogP contribution in [0.4, 0.5) is 11.4 Å². The Morgan fingerprint density at radius 3 is 2.48 bits per heavy atom. The highest BCUT2D eigenvalue weighted by Gasteiger charge is 2.24. The van der Waals surface area contributed by atoms with E-state index in [0.29, 0.717) is 28.8 Å². The van der Waals surface area contributed by atoms with E-state index in [4.69, 9.17) is 5.73 Å². The molecule has 2 aromatic rings. The van der Waals surface area contributed by atoms with E-state index in [0.717, 1.165) is 0 Å². The number of benzene rings is 1. The van der Waals surface area contributed by atoms with Gasteiger partial charge in [0.05, 0.1) is 5.69 Å². The summed E-state index contributed by atoms with van der Waals surface area (Å²) in [6, 6.07) is 8.32. The third-order valence-corrected chi connectivity index (χ3v) is 5.10. The summed E-state index contributed by atoms with van der Waals surface area (Å²) in [6.07, 6.45) is 3.59. The van der Waals surface area contributed by atoms with Crippen molar-refractivity contribution in [2.45, 2.75) is 18.2 Å². The van der Waals surface area contributed by atoms with E-state index in [1.807, 2.05) is 6.92 Å². The van der Waals surface area contributed by atoms with E-state index in [-0.39, 0.29) is 4.90 Å². The van der Waals surface area contributed by atoms with E-state index in [9.17, 15) is 8.42 Å². The van der Waals surface area contributed by atoms with E-state index >= 15 is 0 Å². The predicted octanol–water partition coefficient (Wildman–Crippen LogP) is 3.03. The van der Waals surface area contributed by atoms with Crippen molar-refractivity contribution in [2.24, 2.45) is 0 Å². The number of hydrogen-bond donors (Lipinski definition) is 1. The van der Waals surface area contributed by atoms with Crippen molar-refractivity contribution in [3.8, 4) is 0 Å². The number of aromatic nitrogens is 1. The minimum Gasteiger partial charge on any atom is -0.399 e. The second kappa shape index (κ2) is 6.44.